The van der Waals surface area contributed by atoms with Gasteiger partial charge in [0.2, 0.25) is 5.91 Å². The van der Waals surface area contributed by atoms with Crippen LogP contribution in [0.5, 0.6) is 0 Å². The number of nitrogens with zero attached hydrogens (tertiary/aromatic N) is 4. The van der Waals surface area contributed by atoms with E-state index in [2.05, 4.69) is 20.8 Å². The molecule has 2 N–H and O–H groups in total. The summed E-state index contributed by atoms with van der Waals surface area (Å²) in [7, 11) is 0. The molecule has 11 heteroatoms. The van der Waals surface area contributed by atoms with Gasteiger partial charge in [0.1, 0.15) is 5.82 Å². The van der Waals surface area contributed by atoms with Crippen LogP contribution in [0.25, 0.3) is 5.65 Å². The van der Waals surface area contributed by atoms with Crippen molar-refractivity contribution in [1.29, 1.82) is 0 Å². The van der Waals surface area contributed by atoms with E-state index in [0.717, 1.165) is 25.1 Å². The van der Waals surface area contributed by atoms with E-state index in [1.807, 2.05) is 4.90 Å². The molecule has 1 aliphatic rings. The number of amides is 3. The molecule has 0 aromatic carbocycles. The molecule has 2 aromatic rings. The number of rotatable bonds is 4. The summed E-state index contributed by atoms with van der Waals surface area (Å²) >= 11 is 0. The van der Waals surface area contributed by atoms with Crippen molar-refractivity contribution in [2.75, 3.05) is 13.1 Å². The van der Waals surface area contributed by atoms with Crippen LogP contribution in [0.3, 0.4) is 0 Å². The number of aromatic nitrogens is 3. The average molecular weight is 426 g/mol. The molecule has 2 atom stereocenters. The lowest BCUT2D eigenvalue weighted by Gasteiger charge is -2.35. The fourth-order valence-corrected chi connectivity index (χ4v) is 3.60. The summed E-state index contributed by atoms with van der Waals surface area (Å²) in [5, 5.41) is 13.0. The van der Waals surface area contributed by atoms with Gasteiger partial charge in [0, 0.05) is 24.7 Å². The van der Waals surface area contributed by atoms with E-state index < -0.39 is 29.7 Å². The highest BCUT2D eigenvalue weighted by Gasteiger charge is 2.33. The van der Waals surface area contributed by atoms with Crippen LogP contribution in [-0.2, 0) is 11.0 Å². The Bertz CT molecular complexity index is 927. The number of nitrogens with one attached hydrogen (secondary N) is 2. The molecule has 8 nitrogen and oxygen atoms in total. The number of imide groups is 1. The molecule has 0 saturated carbocycles. The van der Waals surface area contributed by atoms with Crippen molar-refractivity contribution >= 4 is 17.6 Å². The summed E-state index contributed by atoms with van der Waals surface area (Å²) in [4.78, 5) is 26.1. The summed E-state index contributed by atoms with van der Waals surface area (Å²) < 4.78 is 40.7. The fourth-order valence-electron chi connectivity index (χ4n) is 3.60. The van der Waals surface area contributed by atoms with Gasteiger partial charge in [-0.25, -0.2) is 4.79 Å². The van der Waals surface area contributed by atoms with Crippen LogP contribution in [-0.4, -0.2) is 56.6 Å². The predicted molar refractivity (Wildman–Crippen MR) is 103 cm³/mol. The number of fused-ring (bicyclic) bond motifs is 1. The van der Waals surface area contributed by atoms with E-state index in [1.54, 1.807) is 20.8 Å². The van der Waals surface area contributed by atoms with Crippen LogP contribution in [0.2, 0.25) is 0 Å². The molecule has 0 bridgehead atoms. The molecule has 1 fully saturated rings. The third-order valence-corrected chi connectivity index (χ3v) is 5.16. The van der Waals surface area contributed by atoms with Crippen LogP contribution in [0.1, 0.15) is 50.9 Å². The second kappa shape index (κ2) is 8.58. The minimum absolute atomic E-state index is 0.102. The zero-order valence-corrected chi connectivity index (χ0v) is 17.0. The Morgan fingerprint density at radius 2 is 1.93 bits per heavy atom. The molecule has 0 radical (unpaired) electrons. The van der Waals surface area contributed by atoms with Crippen LogP contribution in [0, 0.1) is 0 Å². The van der Waals surface area contributed by atoms with E-state index in [0.29, 0.717) is 24.6 Å². The monoisotopic (exact) mass is 426 g/mol. The van der Waals surface area contributed by atoms with Gasteiger partial charge in [-0.2, -0.15) is 13.2 Å². The zero-order chi connectivity index (χ0) is 22.1. The van der Waals surface area contributed by atoms with Gasteiger partial charge in [0.25, 0.3) is 0 Å². The quantitative estimate of drug-likeness (QED) is 0.784. The number of hydrogen-bond acceptors (Lipinski definition) is 5. The smallest absolute Gasteiger partial charge is 0.336 e. The number of urea groups is 1. The van der Waals surface area contributed by atoms with Crippen molar-refractivity contribution in [3.63, 3.8) is 0 Å². The van der Waals surface area contributed by atoms with E-state index in [1.165, 1.54) is 10.5 Å². The Balaban J connectivity index is 1.74. The maximum Gasteiger partial charge on any atom is 0.417 e. The third kappa shape index (κ3) is 4.89. The summed E-state index contributed by atoms with van der Waals surface area (Å²) in [5.41, 5.74) is -0.432. The van der Waals surface area contributed by atoms with Crippen LogP contribution >= 0.6 is 0 Å². The SMILES string of the molecule is CC(C)NC(=O)NC(=O)C(C)N1CCCC(c2nnc3ccc(C(F)(F)F)cn23)C1. The van der Waals surface area contributed by atoms with Crippen LogP contribution in [0.4, 0.5) is 18.0 Å². The number of alkyl halides is 3. The van der Waals surface area contributed by atoms with Crippen molar-refractivity contribution in [2.45, 2.75) is 57.8 Å². The molecule has 3 heterocycles. The normalized spacial score (nSPS) is 19.1. The number of halogens is 3. The van der Waals surface area contributed by atoms with Crippen molar-refractivity contribution in [3.8, 4) is 0 Å². The van der Waals surface area contributed by atoms with Gasteiger partial charge < -0.3 is 5.32 Å². The molecule has 0 spiro atoms. The fraction of sp³-hybridized carbons (Fsp3) is 0.579. The van der Waals surface area contributed by atoms with Crippen molar-refractivity contribution in [1.82, 2.24) is 30.1 Å². The van der Waals surface area contributed by atoms with Gasteiger partial charge in [0.15, 0.2) is 5.65 Å². The van der Waals surface area contributed by atoms with Crippen molar-refractivity contribution in [2.24, 2.45) is 0 Å². The standard InChI is InChI=1S/C19H25F3N6O2/c1-11(2)23-18(30)24-17(29)12(3)27-8-4-5-13(9-27)16-26-25-15-7-6-14(10-28(15)16)19(20,21)22/h6-7,10-13H,4-5,8-9H2,1-3H3,(H2,23,24,29,30). The van der Waals surface area contributed by atoms with Crippen LogP contribution in [0.15, 0.2) is 18.3 Å². The highest BCUT2D eigenvalue weighted by molar-refractivity contribution is 5.96. The number of piperidine rings is 1. The first-order valence-electron chi connectivity index (χ1n) is 9.83. The highest BCUT2D eigenvalue weighted by atomic mass is 19.4. The maximum atomic E-state index is 13.1. The minimum atomic E-state index is -4.46. The Morgan fingerprint density at radius 3 is 2.60 bits per heavy atom. The van der Waals surface area contributed by atoms with Crippen LogP contribution < -0.4 is 10.6 Å². The Labute approximate surface area is 171 Å². The molecule has 1 saturated heterocycles. The van der Waals surface area contributed by atoms with E-state index in [9.17, 15) is 22.8 Å². The lowest BCUT2D eigenvalue weighted by atomic mass is 9.96. The lowest BCUT2D eigenvalue weighted by molar-refractivity contribution is -0.137. The second-order valence-electron chi connectivity index (χ2n) is 7.83. The molecule has 3 amide bonds. The zero-order valence-electron chi connectivity index (χ0n) is 17.0. The van der Waals surface area contributed by atoms with Gasteiger partial charge in [-0.3, -0.25) is 19.4 Å². The van der Waals surface area contributed by atoms with Gasteiger partial charge in [0.05, 0.1) is 11.6 Å². The molecule has 0 aliphatic carbocycles. The maximum absolute atomic E-state index is 13.1. The second-order valence-corrected chi connectivity index (χ2v) is 7.83. The number of likely N-dealkylation sites (tertiary alicyclic amines) is 1. The van der Waals surface area contributed by atoms with Gasteiger partial charge >= 0.3 is 12.2 Å². The predicted octanol–water partition coefficient (Wildman–Crippen LogP) is 2.55. The first kappa shape index (κ1) is 22.0. The Kier molecular flexibility index (Phi) is 6.30. The average Bonchev–Trinajstić information content (AvgIpc) is 3.09. The summed E-state index contributed by atoms with van der Waals surface area (Å²) in [6.45, 7) is 6.34. The van der Waals surface area contributed by atoms with Crippen molar-refractivity contribution < 1.29 is 22.8 Å². The lowest BCUT2D eigenvalue weighted by Crippen LogP contribution is -2.52. The van der Waals surface area contributed by atoms with Crippen molar-refractivity contribution in [3.05, 3.63) is 29.7 Å². The number of carbonyl (C=O) groups is 2. The molecule has 2 aromatic heterocycles. The number of carbonyl (C=O) groups excluding carboxylic acids is 2. The Hall–Kier alpha value is -2.69. The Morgan fingerprint density at radius 1 is 1.20 bits per heavy atom. The third-order valence-electron chi connectivity index (χ3n) is 5.16. The molecular formula is C19H25F3N6O2. The first-order valence-corrected chi connectivity index (χ1v) is 9.83. The van der Waals surface area contributed by atoms with E-state index in [4.69, 9.17) is 0 Å². The van der Waals surface area contributed by atoms with E-state index >= 15 is 0 Å². The summed E-state index contributed by atoms with van der Waals surface area (Å²) in [6, 6.07) is 1.04. The van der Waals surface area contributed by atoms with Gasteiger partial charge in [-0.15, -0.1) is 10.2 Å². The summed E-state index contributed by atoms with van der Waals surface area (Å²) in [5.74, 6) is -0.179. The molecular weight excluding hydrogens is 401 g/mol. The number of hydrogen-bond donors (Lipinski definition) is 2. The topological polar surface area (TPSA) is 91.6 Å². The number of pyridine rings is 1. The molecule has 2 unspecified atom stereocenters. The molecule has 1 aliphatic heterocycles. The molecule has 164 valence electrons. The highest BCUT2D eigenvalue weighted by Crippen LogP contribution is 2.31. The first-order chi connectivity index (χ1) is 14.1. The largest absolute Gasteiger partial charge is 0.417 e. The molecule has 30 heavy (non-hydrogen) atoms. The summed E-state index contributed by atoms with van der Waals surface area (Å²) in [6.07, 6.45) is -1.99. The van der Waals surface area contributed by atoms with E-state index in [-0.39, 0.29) is 12.0 Å². The van der Waals surface area contributed by atoms with Gasteiger partial charge in [-0.05, 0) is 52.3 Å². The van der Waals surface area contributed by atoms with Gasteiger partial charge in [-0.1, -0.05) is 0 Å². The minimum Gasteiger partial charge on any atom is -0.336 e. The molecule has 3 rings (SSSR count).